The summed E-state index contributed by atoms with van der Waals surface area (Å²) >= 11 is 16.5. The molecule has 0 saturated carbocycles. The fraction of sp³-hybridized carbons (Fsp3) is 0.421. The highest BCUT2D eigenvalue weighted by molar-refractivity contribution is 9.10. The number of hydrogen-bond acceptors (Lipinski definition) is 2. The highest BCUT2D eigenvalue weighted by atomic mass is 79.9. The summed E-state index contributed by atoms with van der Waals surface area (Å²) in [5, 5.41) is 6.66. The van der Waals surface area contributed by atoms with Gasteiger partial charge in [-0.2, -0.15) is 5.10 Å². The lowest BCUT2D eigenvalue weighted by atomic mass is 10.1. The molecule has 3 rings (SSSR count). The molecule has 0 amide bonds. The van der Waals surface area contributed by atoms with Gasteiger partial charge in [-0.25, -0.2) is 4.68 Å². The summed E-state index contributed by atoms with van der Waals surface area (Å²) < 4.78 is 10.6. The third-order valence-electron chi connectivity index (χ3n) is 4.46. The Morgan fingerprint density at radius 1 is 1.15 bits per heavy atom. The van der Waals surface area contributed by atoms with Crippen LogP contribution >= 0.6 is 39.1 Å². The van der Waals surface area contributed by atoms with Crippen LogP contribution in [-0.2, 0) is 18.0 Å². The predicted octanol–water partition coefficient (Wildman–Crippen LogP) is 6.91. The van der Waals surface area contributed by atoms with E-state index in [1.165, 1.54) is 0 Å². The number of benzene rings is 1. The van der Waals surface area contributed by atoms with Gasteiger partial charge in [0.25, 0.3) is 0 Å². The van der Waals surface area contributed by atoms with E-state index < -0.39 is 8.07 Å². The molecule has 0 unspecified atom stereocenters. The maximum Gasteiger partial charge on any atom is 0.159 e. The molecular formula is C19H24BrCl2N3OSi. The van der Waals surface area contributed by atoms with E-state index in [-0.39, 0.29) is 0 Å². The molecule has 1 aromatic carbocycles. The lowest BCUT2D eigenvalue weighted by molar-refractivity contribution is 0.0786. The van der Waals surface area contributed by atoms with Crippen LogP contribution in [0.4, 0.5) is 0 Å². The van der Waals surface area contributed by atoms with Crippen LogP contribution < -0.4 is 0 Å². The summed E-state index contributed by atoms with van der Waals surface area (Å²) in [6, 6.07) is 5.11. The lowest BCUT2D eigenvalue weighted by Crippen LogP contribution is -2.22. The average Bonchev–Trinajstić information content (AvgIpc) is 3.11. The Balaban J connectivity index is 1.90. The average molecular weight is 489 g/mol. The van der Waals surface area contributed by atoms with E-state index in [0.29, 0.717) is 16.9 Å². The van der Waals surface area contributed by atoms with Crippen LogP contribution in [0.5, 0.6) is 0 Å². The molecule has 0 spiro atoms. The molecule has 0 saturated heterocycles. The maximum absolute atomic E-state index is 6.49. The molecule has 0 radical (unpaired) electrons. The molecule has 2 heterocycles. The molecular weight excluding hydrogens is 465 g/mol. The Hall–Kier alpha value is -0.793. The van der Waals surface area contributed by atoms with Crippen LogP contribution in [0.2, 0.25) is 35.9 Å². The summed E-state index contributed by atoms with van der Waals surface area (Å²) in [7, 11) is -1.10. The second-order valence-electron chi connectivity index (χ2n) is 7.83. The second kappa shape index (κ2) is 8.29. The number of hydrogen-bond donors (Lipinski definition) is 0. The smallest absolute Gasteiger partial charge is 0.159 e. The van der Waals surface area contributed by atoms with Crippen LogP contribution in [0.15, 0.2) is 29.0 Å². The number of aromatic nitrogens is 3. The first-order chi connectivity index (χ1) is 12.7. The van der Waals surface area contributed by atoms with Gasteiger partial charge in [-0.05, 0) is 25.1 Å². The molecule has 0 aliphatic heterocycles. The molecule has 8 heteroatoms. The molecule has 0 fully saturated rings. The van der Waals surface area contributed by atoms with Crippen molar-refractivity contribution in [3.63, 3.8) is 0 Å². The molecule has 3 aromatic rings. The molecule has 4 nitrogen and oxygen atoms in total. The zero-order valence-electron chi connectivity index (χ0n) is 16.0. The number of fused-ring (bicyclic) bond motifs is 1. The molecule has 0 aliphatic carbocycles. The predicted molar refractivity (Wildman–Crippen MR) is 121 cm³/mol. The third-order valence-corrected chi connectivity index (χ3v) is 7.19. The number of halogens is 3. The molecule has 0 N–H and O–H groups in total. The third kappa shape index (κ3) is 4.80. The van der Waals surface area contributed by atoms with Gasteiger partial charge in [0.1, 0.15) is 6.73 Å². The molecule has 27 heavy (non-hydrogen) atoms. The Kier molecular flexibility index (Phi) is 6.43. The lowest BCUT2D eigenvalue weighted by Gasteiger charge is -2.15. The first kappa shape index (κ1) is 20.9. The van der Waals surface area contributed by atoms with Crippen molar-refractivity contribution in [2.45, 2.75) is 45.9 Å². The Bertz CT molecular complexity index is 962. The van der Waals surface area contributed by atoms with E-state index in [2.05, 4.69) is 64.4 Å². The minimum atomic E-state index is -1.10. The zero-order chi connectivity index (χ0) is 19.8. The Labute approximate surface area is 179 Å². The molecule has 0 bridgehead atoms. The van der Waals surface area contributed by atoms with E-state index in [1.807, 2.05) is 12.3 Å². The van der Waals surface area contributed by atoms with Crippen molar-refractivity contribution in [2.24, 2.45) is 0 Å². The van der Waals surface area contributed by atoms with E-state index in [0.717, 1.165) is 45.7 Å². The van der Waals surface area contributed by atoms with E-state index >= 15 is 0 Å². The van der Waals surface area contributed by atoms with Crippen molar-refractivity contribution in [2.75, 3.05) is 6.61 Å². The van der Waals surface area contributed by atoms with Crippen molar-refractivity contribution in [3.8, 4) is 11.1 Å². The highest BCUT2D eigenvalue weighted by Crippen LogP contribution is 2.39. The summed E-state index contributed by atoms with van der Waals surface area (Å²) in [5.41, 5.74) is 2.91. The molecule has 146 valence electrons. The van der Waals surface area contributed by atoms with Gasteiger partial charge in [-0.3, -0.25) is 0 Å². The van der Waals surface area contributed by atoms with Gasteiger partial charge in [-0.15, -0.1) is 0 Å². The summed E-state index contributed by atoms with van der Waals surface area (Å²) in [4.78, 5) is 0. The van der Waals surface area contributed by atoms with Crippen LogP contribution in [0.1, 0.15) is 6.92 Å². The van der Waals surface area contributed by atoms with Gasteiger partial charge in [0.15, 0.2) is 5.15 Å². The Morgan fingerprint density at radius 2 is 1.89 bits per heavy atom. The first-order valence-corrected chi connectivity index (χ1v) is 14.2. The van der Waals surface area contributed by atoms with Gasteiger partial charge < -0.3 is 9.30 Å². The van der Waals surface area contributed by atoms with E-state index in [9.17, 15) is 0 Å². The highest BCUT2D eigenvalue weighted by Gasteiger charge is 2.18. The quantitative estimate of drug-likeness (QED) is 0.267. The van der Waals surface area contributed by atoms with Crippen LogP contribution in [0, 0.1) is 0 Å². The maximum atomic E-state index is 6.49. The largest absolute Gasteiger partial charge is 0.360 e. The van der Waals surface area contributed by atoms with Gasteiger partial charge in [-0.1, -0.05) is 58.8 Å². The van der Waals surface area contributed by atoms with E-state index in [4.69, 9.17) is 27.9 Å². The fourth-order valence-corrected chi connectivity index (χ4v) is 4.92. The Morgan fingerprint density at radius 3 is 2.56 bits per heavy atom. The monoisotopic (exact) mass is 487 g/mol. The molecule has 0 atom stereocenters. The minimum absolute atomic E-state index is 0.404. The van der Waals surface area contributed by atoms with E-state index in [1.54, 1.807) is 4.68 Å². The van der Waals surface area contributed by atoms with Crippen LogP contribution in [0.25, 0.3) is 22.0 Å². The summed E-state index contributed by atoms with van der Waals surface area (Å²) in [5.74, 6) is 0. The zero-order valence-corrected chi connectivity index (χ0v) is 20.1. The van der Waals surface area contributed by atoms with Crippen LogP contribution in [0.3, 0.4) is 0 Å². The van der Waals surface area contributed by atoms with Crippen LogP contribution in [-0.4, -0.2) is 29.0 Å². The first-order valence-electron chi connectivity index (χ1n) is 8.98. The van der Waals surface area contributed by atoms with Gasteiger partial charge in [0, 0.05) is 54.6 Å². The van der Waals surface area contributed by atoms with Crippen molar-refractivity contribution >= 4 is 58.1 Å². The van der Waals surface area contributed by atoms with Gasteiger partial charge >= 0.3 is 0 Å². The minimum Gasteiger partial charge on any atom is -0.360 e. The summed E-state index contributed by atoms with van der Waals surface area (Å²) in [6.45, 7) is 11.1. The molecule has 2 aromatic heterocycles. The van der Waals surface area contributed by atoms with Crippen molar-refractivity contribution < 1.29 is 4.74 Å². The van der Waals surface area contributed by atoms with Gasteiger partial charge in [0.2, 0.25) is 0 Å². The number of ether oxygens (including phenoxy) is 1. The number of nitrogens with zero attached hydrogens (tertiary/aromatic N) is 3. The molecule has 0 aliphatic rings. The van der Waals surface area contributed by atoms with Crippen molar-refractivity contribution in [1.29, 1.82) is 0 Å². The normalized spacial score (nSPS) is 12.3. The van der Waals surface area contributed by atoms with Crippen molar-refractivity contribution in [3.05, 3.63) is 39.2 Å². The van der Waals surface area contributed by atoms with Crippen molar-refractivity contribution in [1.82, 2.24) is 14.3 Å². The summed E-state index contributed by atoms with van der Waals surface area (Å²) in [6.07, 6.45) is 4.03. The fourth-order valence-electron chi connectivity index (χ4n) is 3.00. The second-order valence-corrected chi connectivity index (χ2v) is 15.1. The topological polar surface area (TPSA) is 32.0 Å². The standard InChI is InChI=1S/C19H24BrCl2N3OSi/c1-5-24-10-15(14-8-13(20)9-17(21)18(14)24)16-11-25(23-19(16)22)12-26-6-7-27(2,3)4/h8-11H,5-7,12H2,1-4H3. The number of rotatable bonds is 7. The van der Waals surface area contributed by atoms with Gasteiger partial charge in [0.05, 0.1) is 10.5 Å². The number of aryl methyl sites for hydroxylation is 1. The SMILES string of the molecule is CCn1cc(-c2cn(COCC[Si](C)(C)C)nc2Cl)c2cc(Br)cc(Cl)c21.